The summed E-state index contributed by atoms with van der Waals surface area (Å²) in [5.41, 5.74) is 0. The molecule has 0 spiro atoms. The Kier molecular flexibility index (Phi) is 11.2. The number of aliphatic imine (C=N–C) groups is 1. The van der Waals surface area contributed by atoms with Crippen molar-refractivity contribution in [2.75, 3.05) is 60.2 Å². The van der Waals surface area contributed by atoms with E-state index in [0.29, 0.717) is 38.7 Å². The smallest absolute Gasteiger partial charge is 0.224 e. The fourth-order valence-electron chi connectivity index (χ4n) is 2.71. The number of guanidine groups is 1. The fraction of sp³-hybridized carbons (Fsp3) is 0.882. The van der Waals surface area contributed by atoms with Gasteiger partial charge in [0.2, 0.25) is 5.91 Å². The van der Waals surface area contributed by atoms with Gasteiger partial charge in [-0.3, -0.25) is 9.79 Å². The maximum Gasteiger partial charge on any atom is 0.224 e. The third-order valence-electron chi connectivity index (χ3n) is 4.05. The molecule has 1 aliphatic rings. The molecular formula is C17H34N4O3. The molecule has 1 aliphatic heterocycles. The van der Waals surface area contributed by atoms with Crippen LogP contribution in [0.5, 0.6) is 0 Å². The molecule has 0 bridgehead atoms. The number of carbonyl (C=O) groups excluding carboxylic acids is 1. The molecule has 0 aliphatic carbocycles. The van der Waals surface area contributed by atoms with Crippen LogP contribution < -0.4 is 10.6 Å². The predicted molar refractivity (Wildman–Crippen MR) is 96.3 cm³/mol. The molecule has 7 nitrogen and oxygen atoms in total. The predicted octanol–water partition coefficient (Wildman–Crippen LogP) is 0.853. The van der Waals surface area contributed by atoms with E-state index in [2.05, 4.69) is 22.5 Å². The minimum Gasteiger partial charge on any atom is -0.382 e. The average Bonchev–Trinajstić information content (AvgIpc) is 2.59. The summed E-state index contributed by atoms with van der Waals surface area (Å²) < 4.78 is 10.3. The summed E-state index contributed by atoms with van der Waals surface area (Å²) in [5, 5.41) is 6.42. The number of nitrogens with one attached hydrogen (secondary N) is 2. The normalized spacial score (nSPS) is 18.5. The van der Waals surface area contributed by atoms with Gasteiger partial charge in [0.25, 0.3) is 0 Å². The second-order valence-electron chi connectivity index (χ2n) is 6.22. The Labute approximate surface area is 146 Å². The first-order chi connectivity index (χ1) is 11.7. The molecular weight excluding hydrogens is 308 g/mol. The second kappa shape index (κ2) is 13.0. The number of hydrogen-bond acceptors (Lipinski definition) is 4. The minimum atomic E-state index is 0.232. The highest BCUT2D eigenvalue weighted by molar-refractivity contribution is 5.81. The summed E-state index contributed by atoms with van der Waals surface area (Å²) in [6, 6.07) is 0. The number of methoxy groups -OCH3 is 1. The van der Waals surface area contributed by atoms with Gasteiger partial charge < -0.3 is 25.0 Å². The van der Waals surface area contributed by atoms with Gasteiger partial charge in [0, 0.05) is 53.4 Å². The Morgan fingerprint density at radius 1 is 1.25 bits per heavy atom. The molecule has 1 amide bonds. The Morgan fingerprint density at radius 2 is 2.04 bits per heavy atom. The molecule has 2 N–H and O–H groups in total. The molecule has 1 atom stereocenters. The molecule has 7 heteroatoms. The average molecular weight is 342 g/mol. The van der Waals surface area contributed by atoms with E-state index in [1.807, 2.05) is 4.90 Å². The van der Waals surface area contributed by atoms with Crippen molar-refractivity contribution in [3.05, 3.63) is 0 Å². The van der Waals surface area contributed by atoms with Crippen LogP contribution in [0.15, 0.2) is 4.99 Å². The topological polar surface area (TPSA) is 75.2 Å². The number of piperidine rings is 1. The van der Waals surface area contributed by atoms with Crippen molar-refractivity contribution in [3.8, 4) is 0 Å². The third-order valence-corrected chi connectivity index (χ3v) is 4.05. The summed E-state index contributed by atoms with van der Waals surface area (Å²) in [7, 11) is 3.40. The highest BCUT2D eigenvalue weighted by atomic mass is 16.5. The summed E-state index contributed by atoms with van der Waals surface area (Å²) in [6.45, 7) is 7.34. The van der Waals surface area contributed by atoms with E-state index >= 15 is 0 Å². The lowest BCUT2D eigenvalue weighted by Crippen LogP contribution is -2.42. The van der Waals surface area contributed by atoms with Gasteiger partial charge in [0.1, 0.15) is 0 Å². The van der Waals surface area contributed by atoms with E-state index in [1.165, 1.54) is 6.42 Å². The first-order valence-electron chi connectivity index (χ1n) is 8.96. The van der Waals surface area contributed by atoms with E-state index in [9.17, 15) is 4.79 Å². The van der Waals surface area contributed by atoms with Crippen molar-refractivity contribution in [2.45, 2.75) is 32.6 Å². The third kappa shape index (κ3) is 9.08. The van der Waals surface area contributed by atoms with Crippen LogP contribution in [0.4, 0.5) is 0 Å². The van der Waals surface area contributed by atoms with Crippen LogP contribution in [-0.2, 0) is 14.3 Å². The van der Waals surface area contributed by atoms with Crippen molar-refractivity contribution >= 4 is 11.9 Å². The zero-order chi connectivity index (χ0) is 17.6. The zero-order valence-electron chi connectivity index (χ0n) is 15.5. The number of amides is 1. The van der Waals surface area contributed by atoms with Crippen LogP contribution in [0, 0.1) is 5.92 Å². The molecule has 24 heavy (non-hydrogen) atoms. The molecule has 0 saturated carbocycles. The molecule has 0 radical (unpaired) electrons. The van der Waals surface area contributed by atoms with Gasteiger partial charge in [-0.2, -0.15) is 0 Å². The molecule has 1 saturated heterocycles. The van der Waals surface area contributed by atoms with Crippen molar-refractivity contribution in [1.82, 2.24) is 15.5 Å². The van der Waals surface area contributed by atoms with Gasteiger partial charge in [0.05, 0.1) is 13.2 Å². The Morgan fingerprint density at radius 3 is 2.75 bits per heavy atom. The highest BCUT2D eigenvalue weighted by Crippen LogP contribution is 2.15. The number of likely N-dealkylation sites (tertiary alicyclic amines) is 1. The largest absolute Gasteiger partial charge is 0.382 e. The van der Waals surface area contributed by atoms with Gasteiger partial charge >= 0.3 is 0 Å². The summed E-state index contributed by atoms with van der Waals surface area (Å²) in [4.78, 5) is 18.4. The van der Waals surface area contributed by atoms with Crippen LogP contribution in [-0.4, -0.2) is 76.9 Å². The van der Waals surface area contributed by atoms with Crippen molar-refractivity contribution < 1.29 is 14.3 Å². The quantitative estimate of drug-likeness (QED) is 0.350. The molecule has 0 aromatic carbocycles. The maximum absolute atomic E-state index is 12.2. The van der Waals surface area contributed by atoms with Gasteiger partial charge in [-0.1, -0.05) is 6.92 Å². The lowest BCUT2D eigenvalue weighted by molar-refractivity contribution is -0.132. The molecule has 140 valence electrons. The number of nitrogens with zero attached hydrogens (tertiary/aromatic N) is 2. The van der Waals surface area contributed by atoms with E-state index in [0.717, 1.165) is 38.4 Å². The summed E-state index contributed by atoms with van der Waals surface area (Å²) in [5.74, 6) is 1.58. The maximum atomic E-state index is 12.2. The van der Waals surface area contributed by atoms with Gasteiger partial charge in [-0.25, -0.2) is 0 Å². The molecule has 1 rings (SSSR count). The van der Waals surface area contributed by atoms with Crippen molar-refractivity contribution in [3.63, 3.8) is 0 Å². The molecule has 1 heterocycles. The second-order valence-corrected chi connectivity index (χ2v) is 6.22. The number of carbonyl (C=O) groups is 1. The molecule has 1 unspecified atom stereocenters. The monoisotopic (exact) mass is 342 g/mol. The minimum absolute atomic E-state index is 0.232. The molecule has 0 aromatic rings. The lowest BCUT2D eigenvalue weighted by atomic mass is 10.00. The van der Waals surface area contributed by atoms with Gasteiger partial charge in [-0.15, -0.1) is 0 Å². The SMILES string of the molecule is CN=C(NCCCOCCOC)NCCC(=O)N1CCCC(C)C1. The van der Waals surface area contributed by atoms with Gasteiger partial charge in [-0.05, 0) is 25.2 Å². The fourth-order valence-corrected chi connectivity index (χ4v) is 2.71. The van der Waals surface area contributed by atoms with Crippen molar-refractivity contribution in [2.24, 2.45) is 10.9 Å². The van der Waals surface area contributed by atoms with E-state index in [-0.39, 0.29) is 5.91 Å². The first-order valence-corrected chi connectivity index (χ1v) is 8.96. The van der Waals surface area contributed by atoms with Crippen LogP contribution in [0.25, 0.3) is 0 Å². The van der Waals surface area contributed by atoms with E-state index < -0.39 is 0 Å². The van der Waals surface area contributed by atoms with E-state index in [4.69, 9.17) is 9.47 Å². The van der Waals surface area contributed by atoms with Crippen LogP contribution in [0.2, 0.25) is 0 Å². The Bertz CT molecular complexity index is 377. The first kappa shape index (κ1) is 20.7. The lowest BCUT2D eigenvalue weighted by Gasteiger charge is -2.31. The van der Waals surface area contributed by atoms with E-state index in [1.54, 1.807) is 14.2 Å². The summed E-state index contributed by atoms with van der Waals surface area (Å²) in [6.07, 6.45) is 3.76. The highest BCUT2D eigenvalue weighted by Gasteiger charge is 2.20. The number of hydrogen-bond donors (Lipinski definition) is 2. The van der Waals surface area contributed by atoms with Crippen LogP contribution in [0.1, 0.15) is 32.6 Å². The summed E-state index contributed by atoms with van der Waals surface area (Å²) >= 11 is 0. The van der Waals surface area contributed by atoms with Crippen LogP contribution >= 0.6 is 0 Å². The Hall–Kier alpha value is -1.34. The van der Waals surface area contributed by atoms with Gasteiger partial charge in [0.15, 0.2) is 5.96 Å². The molecule has 1 fully saturated rings. The number of ether oxygens (including phenoxy) is 2. The standard InChI is InChI=1S/C17H34N4O3/c1-15-6-4-10-21(14-15)16(22)7-9-20-17(18-2)19-8-5-11-24-13-12-23-3/h15H,4-14H2,1-3H3,(H2,18,19,20). The Balaban J connectivity index is 2.08. The zero-order valence-corrected chi connectivity index (χ0v) is 15.5. The number of rotatable bonds is 10. The molecule has 0 aromatic heterocycles. The van der Waals surface area contributed by atoms with Crippen molar-refractivity contribution in [1.29, 1.82) is 0 Å². The van der Waals surface area contributed by atoms with Crippen LogP contribution in [0.3, 0.4) is 0 Å².